The lowest BCUT2D eigenvalue weighted by molar-refractivity contribution is -0.134. The fraction of sp³-hybridized carbons (Fsp3) is 0.400. The van der Waals surface area contributed by atoms with Gasteiger partial charge in [-0.05, 0) is 31.0 Å². The zero-order valence-electron chi connectivity index (χ0n) is 13.1. The van der Waals surface area contributed by atoms with E-state index in [1.54, 1.807) is 0 Å². The number of nitrogens with one attached hydrogen (secondary N) is 2. The molecule has 1 spiro atoms. The van der Waals surface area contributed by atoms with Gasteiger partial charge in [0.15, 0.2) is 9.84 Å². The molecule has 2 aliphatic heterocycles. The highest BCUT2D eigenvalue weighted by molar-refractivity contribution is 7.91. The van der Waals surface area contributed by atoms with E-state index in [0.717, 1.165) is 11.0 Å². The summed E-state index contributed by atoms with van der Waals surface area (Å²) in [5, 5.41) is 4.92. The molecule has 0 atom stereocenters. The number of anilines is 1. The maximum atomic E-state index is 13.1. The Morgan fingerprint density at radius 2 is 1.96 bits per heavy atom. The zero-order chi connectivity index (χ0) is 18.2. The molecule has 2 saturated heterocycles. The Labute approximate surface area is 143 Å². The predicted molar refractivity (Wildman–Crippen MR) is 85.9 cm³/mol. The number of carbonyl (C=O) groups is 3. The van der Waals surface area contributed by atoms with Gasteiger partial charge in [0.25, 0.3) is 5.91 Å². The van der Waals surface area contributed by atoms with E-state index in [2.05, 4.69) is 10.6 Å². The van der Waals surface area contributed by atoms with Crippen molar-refractivity contribution in [2.75, 3.05) is 23.4 Å². The van der Waals surface area contributed by atoms with E-state index < -0.39 is 45.6 Å². The SMILES string of the molecule is O=C(CN1C(=O)NC2(CCS(=O)(=O)CC2)C1=O)Nc1cccc(F)c1. The predicted octanol–water partition coefficient (Wildman–Crippen LogP) is 0.263. The van der Waals surface area contributed by atoms with Crippen molar-refractivity contribution >= 4 is 33.4 Å². The van der Waals surface area contributed by atoms with Gasteiger partial charge in [0.1, 0.15) is 17.9 Å². The van der Waals surface area contributed by atoms with Gasteiger partial charge in [0.2, 0.25) is 5.91 Å². The van der Waals surface area contributed by atoms with Crippen molar-refractivity contribution in [3.63, 3.8) is 0 Å². The van der Waals surface area contributed by atoms with Gasteiger partial charge in [-0.25, -0.2) is 17.6 Å². The Morgan fingerprint density at radius 1 is 1.28 bits per heavy atom. The summed E-state index contributed by atoms with van der Waals surface area (Å²) in [5.41, 5.74) is -1.06. The van der Waals surface area contributed by atoms with Crippen molar-refractivity contribution in [2.24, 2.45) is 0 Å². The summed E-state index contributed by atoms with van der Waals surface area (Å²) in [4.78, 5) is 37.4. The van der Waals surface area contributed by atoms with Gasteiger partial charge in [0.05, 0.1) is 11.5 Å². The first-order chi connectivity index (χ1) is 11.7. The Hall–Kier alpha value is -2.49. The van der Waals surface area contributed by atoms with Crippen molar-refractivity contribution in [3.05, 3.63) is 30.1 Å². The van der Waals surface area contributed by atoms with Crippen LogP contribution in [0.15, 0.2) is 24.3 Å². The van der Waals surface area contributed by atoms with E-state index in [0.29, 0.717) is 0 Å². The lowest BCUT2D eigenvalue weighted by atomic mass is 9.92. The highest BCUT2D eigenvalue weighted by Gasteiger charge is 2.53. The molecule has 1 aromatic rings. The third kappa shape index (κ3) is 3.48. The zero-order valence-corrected chi connectivity index (χ0v) is 13.9. The van der Waals surface area contributed by atoms with Crippen LogP contribution in [0.2, 0.25) is 0 Å². The van der Waals surface area contributed by atoms with Crippen molar-refractivity contribution in [1.29, 1.82) is 0 Å². The number of hydrogen-bond acceptors (Lipinski definition) is 5. The molecule has 134 valence electrons. The van der Waals surface area contributed by atoms with Gasteiger partial charge in [0, 0.05) is 5.69 Å². The number of rotatable bonds is 3. The molecule has 10 heteroatoms. The van der Waals surface area contributed by atoms with Crippen LogP contribution in [-0.4, -0.2) is 54.8 Å². The molecule has 2 N–H and O–H groups in total. The van der Waals surface area contributed by atoms with E-state index in [9.17, 15) is 27.2 Å². The first-order valence-electron chi connectivity index (χ1n) is 7.61. The molecular formula is C15H16FN3O5S. The van der Waals surface area contributed by atoms with Crippen molar-refractivity contribution in [1.82, 2.24) is 10.2 Å². The summed E-state index contributed by atoms with van der Waals surface area (Å²) >= 11 is 0. The van der Waals surface area contributed by atoms with Crippen LogP contribution in [0, 0.1) is 5.82 Å². The molecule has 0 unspecified atom stereocenters. The Bertz CT molecular complexity index is 840. The summed E-state index contributed by atoms with van der Waals surface area (Å²) in [6.45, 7) is -0.532. The number of imide groups is 1. The third-order valence-electron chi connectivity index (χ3n) is 4.34. The number of sulfone groups is 1. The summed E-state index contributed by atoms with van der Waals surface area (Å²) in [6.07, 6.45) is -0.0240. The summed E-state index contributed by atoms with van der Waals surface area (Å²) < 4.78 is 36.2. The van der Waals surface area contributed by atoms with Crippen LogP contribution in [0.4, 0.5) is 14.9 Å². The van der Waals surface area contributed by atoms with E-state index in [1.807, 2.05) is 0 Å². The number of benzene rings is 1. The lowest BCUT2D eigenvalue weighted by Crippen LogP contribution is -2.52. The third-order valence-corrected chi connectivity index (χ3v) is 5.99. The van der Waals surface area contributed by atoms with Crippen LogP contribution in [0.5, 0.6) is 0 Å². The maximum absolute atomic E-state index is 13.1. The second-order valence-corrected chi connectivity index (χ2v) is 8.42. The summed E-state index contributed by atoms with van der Waals surface area (Å²) in [7, 11) is -3.21. The van der Waals surface area contributed by atoms with Crippen molar-refractivity contribution in [2.45, 2.75) is 18.4 Å². The Balaban J connectivity index is 1.68. The number of urea groups is 1. The molecular weight excluding hydrogens is 353 g/mol. The fourth-order valence-electron chi connectivity index (χ4n) is 2.96. The minimum atomic E-state index is -3.21. The second kappa shape index (κ2) is 6.10. The molecule has 2 heterocycles. The van der Waals surface area contributed by atoms with Crippen LogP contribution in [0.25, 0.3) is 0 Å². The fourth-order valence-corrected chi connectivity index (χ4v) is 4.48. The maximum Gasteiger partial charge on any atom is 0.325 e. The van der Waals surface area contributed by atoms with Crippen LogP contribution >= 0.6 is 0 Å². The van der Waals surface area contributed by atoms with Gasteiger partial charge in [-0.2, -0.15) is 0 Å². The van der Waals surface area contributed by atoms with E-state index >= 15 is 0 Å². The number of carbonyl (C=O) groups excluding carboxylic acids is 3. The lowest BCUT2D eigenvalue weighted by Gasteiger charge is -2.30. The number of nitrogens with zero attached hydrogens (tertiary/aromatic N) is 1. The molecule has 2 aliphatic rings. The molecule has 0 aromatic heterocycles. The second-order valence-electron chi connectivity index (χ2n) is 6.11. The van der Waals surface area contributed by atoms with E-state index in [1.165, 1.54) is 18.2 Å². The molecule has 8 nitrogen and oxygen atoms in total. The quantitative estimate of drug-likeness (QED) is 0.743. The molecule has 25 heavy (non-hydrogen) atoms. The molecule has 0 saturated carbocycles. The van der Waals surface area contributed by atoms with E-state index in [-0.39, 0.29) is 30.0 Å². The Kier molecular flexibility index (Phi) is 4.23. The minimum Gasteiger partial charge on any atom is -0.324 e. The van der Waals surface area contributed by atoms with Crippen LogP contribution in [-0.2, 0) is 19.4 Å². The largest absolute Gasteiger partial charge is 0.325 e. The molecule has 2 fully saturated rings. The first kappa shape index (κ1) is 17.3. The van der Waals surface area contributed by atoms with Gasteiger partial charge in [-0.15, -0.1) is 0 Å². The smallest absolute Gasteiger partial charge is 0.324 e. The minimum absolute atomic E-state index is 0.0120. The number of hydrogen-bond donors (Lipinski definition) is 2. The van der Waals surface area contributed by atoms with Gasteiger partial charge < -0.3 is 10.6 Å². The molecule has 0 bridgehead atoms. The highest BCUT2D eigenvalue weighted by atomic mass is 32.2. The summed E-state index contributed by atoms with van der Waals surface area (Å²) in [6, 6.07) is 4.47. The van der Waals surface area contributed by atoms with Gasteiger partial charge >= 0.3 is 6.03 Å². The topological polar surface area (TPSA) is 113 Å². The van der Waals surface area contributed by atoms with Crippen molar-refractivity contribution < 1.29 is 27.2 Å². The molecule has 1 aromatic carbocycles. The van der Waals surface area contributed by atoms with Gasteiger partial charge in [-0.1, -0.05) is 6.07 Å². The molecule has 0 radical (unpaired) electrons. The Morgan fingerprint density at radius 3 is 2.60 bits per heavy atom. The van der Waals surface area contributed by atoms with Crippen LogP contribution in [0.3, 0.4) is 0 Å². The van der Waals surface area contributed by atoms with Gasteiger partial charge in [-0.3, -0.25) is 14.5 Å². The standard InChI is InChI=1S/C15H16FN3O5S/c16-10-2-1-3-11(8-10)17-12(20)9-19-13(21)15(18-14(19)22)4-6-25(23,24)7-5-15/h1-3,8H,4-7,9H2,(H,17,20)(H,18,22). The highest BCUT2D eigenvalue weighted by Crippen LogP contribution is 2.30. The van der Waals surface area contributed by atoms with Crippen LogP contribution < -0.4 is 10.6 Å². The average molecular weight is 369 g/mol. The molecule has 4 amide bonds. The molecule has 3 rings (SSSR count). The van der Waals surface area contributed by atoms with E-state index in [4.69, 9.17) is 0 Å². The normalized spacial score (nSPS) is 21.2. The summed E-state index contributed by atoms with van der Waals surface area (Å²) in [5.74, 6) is -2.18. The first-order valence-corrected chi connectivity index (χ1v) is 9.43. The monoisotopic (exact) mass is 369 g/mol. The number of halogens is 1. The van der Waals surface area contributed by atoms with Crippen LogP contribution in [0.1, 0.15) is 12.8 Å². The number of amides is 4. The average Bonchev–Trinajstić information content (AvgIpc) is 2.75. The van der Waals surface area contributed by atoms with Crippen molar-refractivity contribution in [3.8, 4) is 0 Å². The molecule has 0 aliphatic carbocycles.